The lowest BCUT2D eigenvalue weighted by Gasteiger charge is -2.40. The van der Waals surface area contributed by atoms with Gasteiger partial charge < -0.3 is 14.4 Å². The van der Waals surface area contributed by atoms with Crippen LogP contribution in [0.4, 0.5) is 0 Å². The number of thioether (sulfide) groups is 1. The molecule has 0 N–H and O–H groups in total. The van der Waals surface area contributed by atoms with E-state index in [-0.39, 0.29) is 23.3 Å². The molecule has 10 heteroatoms. The monoisotopic (exact) mass is 678 g/mol. The third-order valence-corrected chi connectivity index (χ3v) is 9.61. The van der Waals surface area contributed by atoms with Gasteiger partial charge in [-0.1, -0.05) is 85.7 Å². The van der Waals surface area contributed by atoms with E-state index >= 15 is 0 Å². The Bertz CT molecular complexity index is 1620. The second-order valence-corrected chi connectivity index (χ2v) is 15.3. The van der Waals surface area contributed by atoms with Gasteiger partial charge in [-0.3, -0.25) is 9.59 Å². The maximum Gasteiger partial charge on any atom is 0.223 e. The first-order chi connectivity index (χ1) is 21.0. The summed E-state index contributed by atoms with van der Waals surface area (Å²) in [5.41, 5.74) is 4.08. The second kappa shape index (κ2) is 14.0. The second-order valence-electron chi connectivity index (χ2n) is 13.3. The topological polar surface area (TPSA) is 84.2 Å². The Morgan fingerprint density at radius 2 is 1.80 bits per heavy atom. The predicted octanol–water partition coefficient (Wildman–Crippen LogP) is 7.18. The number of para-hydroxylation sites is 1. The molecule has 0 aliphatic carbocycles. The molecule has 2 unspecified atom stereocenters. The largest absolute Gasteiger partial charge is 0.339 e. The summed E-state index contributed by atoms with van der Waals surface area (Å²) in [6.45, 7) is 13.3. The number of hydrogen-bond acceptors (Lipinski definition) is 6. The van der Waals surface area contributed by atoms with E-state index in [1.165, 1.54) is 17.3 Å². The average molecular weight is 680 g/mol. The molecule has 3 heterocycles. The Hall–Kier alpha value is -2.98. The number of fused-ring (bicyclic) bond motifs is 3. The van der Waals surface area contributed by atoms with Gasteiger partial charge in [-0.05, 0) is 54.9 Å². The first kappa shape index (κ1) is 32.4. The Balaban J connectivity index is 1.14. The summed E-state index contributed by atoms with van der Waals surface area (Å²) < 4.78 is 3.25. The summed E-state index contributed by atoms with van der Waals surface area (Å²) in [5.74, 6) is 1.43. The molecule has 2 amide bonds. The molecule has 2 atom stereocenters. The van der Waals surface area contributed by atoms with E-state index in [1.807, 2.05) is 21.9 Å². The van der Waals surface area contributed by atoms with Gasteiger partial charge in [0.25, 0.3) is 0 Å². The number of amides is 2. The van der Waals surface area contributed by atoms with Gasteiger partial charge >= 0.3 is 0 Å². The van der Waals surface area contributed by atoms with Crippen molar-refractivity contribution in [2.24, 2.45) is 11.3 Å². The summed E-state index contributed by atoms with van der Waals surface area (Å²) in [5, 5.41) is 10.6. The van der Waals surface area contributed by atoms with Crippen molar-refractivity contribution in [2.75, 3.05) is 25.4 Å². The number of nitrogens with zero attached hydrogens (tertiary/aromatic N) is 6. The highest BCUT2D eigenvalue weighted by atomic mass is 79.9. The minimum absolute atomic E-state index is 0.0341. The number of carbonyl (C=O) groups excluding carboxylic acids is 2. The van der Waals surface area contributed by atoms with Gasteiger partial charge in [0.2, 0.25) is 17.0 Å². The quantitative estimate of drug-likeness (QED) is 0.130. The van der Waals surface area contributed by atoms with Crippen LogP contribution in [0.15, 0.2) is 58.2 Å². The van der Waals surface area contributed by atoms with Crippen LogP contribution in [0.25, 0.3) is 22.1 Å². The van der Waals surface area contributed by atoms with Crippen molar-refractivity contribution in [3.63, 3.8) is 0 Å². The van der Waals surface area contributed by atoms with Crippen LogP contribution >= 0.6 is 27.7 Å². The van der Waals surface area contributed by atoms with Crippen LogP contribution in [0, 0.1) is 11.3 Å². The fourth-order valence-corrected chi connectivity index (χ4v) is 7.30. The molecule has 1 aliphatic rings. The number of aromatic nitrogens is 4. The van der Waals surface area contributed by atoms with Crippen molar-refractivity contribution < 1.29 is 9.59 Å². The lowest BCUT2D eigenvalue weighted by atomic mass is 9.84. The SMILES string of the molecule is CC(CC(=O)N1CCN(C(=O)CCCSc2nnc3c4ccccc4n(Cc4ccc(Br)cc4)c3n2)CC1C)CC(C)(C)C. The van der Waals surface area contributed by atoms with Crippen LogP contribution < -0.4 is 0 Å². The van der Waals surface area contributed by atoms with Crippen LogP contribution in [0.2, 0.25) is 0 Å². The van der Waals surface area contributed by atoms with Crippen molar-refractivity contribution >= 4 is 61.6 Å². The Morgan fingerprint density at radius 1 is 1.05 bits per heavy atom. The van der Waals surface area contributed by atoms with Crippen LogP contribution in [-0.4, -0.2) is 72.8 Å². The standard InChI is InChI=1S/C34H43BrN6O2S/c1-23(20-34(3,4)5)19-30(43)40-17-16-39(21-24(40)2)29(42)11-8-18-44-33-36-32-31(37-38-33)27-9-6-7-10-28(27)41(32)22-25-12-14-26(35)15-13-25/h6-7,9-10,12-15,23-24H,8,11,16-22H2,1-5H3. The molecule has 5 rings (SSSR count). The van der Waals surface area contributed by atoms with Crippen molar-refractivity contribution in [1.29, 1.82) is 0 Å². The Kier molecular flexibility index (Phi) is 10.3. The molecule has 234 valence electrons. The average Bonchev–Trinajstić information content (AvgIpc) is 3.27. The Morgan fingerprint density at radius 3 is 2.52 bits per heavy atom. The van der Waals surface area contributed by atoms with Crippen LogP contribution in [0.3, 0.4) is 0 Å². The van der Waals surface area contributed by atoms with E-state index in [4.69, 9.17) is 4.98 Å². The molecular formula is C34H43BrN6O2S. The number of carbonyl (C=O) groups is 2. The molecule has 1 fully saturated rings. The zero-order valence-corrected chi connectivity index (χ0v) is 28.8. The van der Waals surface area contributed by atoms with Crippen LogP contribution in [0.1, 0.15) is 65.9 Å². The maximum atomic E-state index is 13.0. The normalized spacial score (nSPS) is 16.5. The van der Waals surface area contributed by atoms with Gasteiger partial charge in [0, 0.05) is 60.7 Å². The molecule has 8 nitrogen and oxygen atoms in total. The molecule has 0 radical (unpaired) electrons. The molecule has 2 aromatic carbocycles. The molecule has 1 aliphatic heterocycles. The van der Waals surface area contributed by atoms with Gasteiger partial charge in [-0.25, -0.2) is 4.98 Å². The summed E-state index contributed by atoms with van der Waals surface area (Å²) in [4.78, 5) is 34.8. The van der Waals surface area contributed by atoms with Gasteiger partial charge in [0.1, 0.15) is 5.52 Å². The minimum atomic E-state index is 0.0341. The van der Waals surface area contributed by atoms with Gasteiger partial charge in [0.15, 0.2) is 5.65 Å². The molecule has 4 aromatic rings. The van der Waals surface area contributed by atoms with E-state index in [9.17, 15) is 9.59 Å². The number of halogens is 1. The lowest BCUT2D eigenvalue weighted by molar-refractivity contribution is -0.143. The molecule has 0 bridgehead atoms. The van der Waals surface area contributed by atoms with Crippen LogP contribution in [-0.2, 0) is 16.1 Å². The molecule has 0 saturated carbocycles. The van der Waals surface area contributed by atoms with E-state index in [0.29, 0.717) is 50.1 Å². The number of hydrogen-bond donors (Lipinski definition) is 0. The zero-order chi connectivity index (χ0) is 31.4. The molecule has 1 saturated heterocycles. The first-order valence-electron chi connectivity index (χ1n) is 15.5. The van der Waals surface area contributed by atoms with Gasteiger partial charge in [-0.15, -0.1) is 10.2 Å². The number of benzene rings is 2. The van der Waals surface area contributed by atoms with Crippen molar-refractivity contribution in [2.45, 2.75) is 78.0 Å². The van der Waals surface area contributed by atoms with Crippen molar-refractivity contribution in [1.82, 2.24) is 29.5 Å². The highest BCUT2D eigenvalue weighted by Gasteiger charge is 2.30. The third kappa shape index (κ3) is 7.99. The van der Waals surface area contributed by atoms with E-state index in [2.05, 4.69) is 102 Å². The molecular weight excluding hydrogens is 636 g/mol. The van der Waals surface area contributed by atoms with Gasteiger partial charge in [-0.2, -0.15) is 0 Å². The summed E-state index contributed by atoms with van der Waals surface area (Å²) in [6, 6.07) is 16.6. The first-order valence-corrected chi connectivity index (χ1v) is 17.3. The smallest absolute Gasteiger partial charge is 0.223 e. The summed E-state index contributed by atoms with van der Waals surface area (Å²) in [6.07, 6.45) is 2.79. The predicted molar refractivity (Wildman–Crippen MR) is 182 cm³/mol. The highest BCUT2D eigenvalue weighted by molar-refractivity contribution is 9.10. The molecule has 2 aromatic heterocycles. The summed E-state index contributed by atoms with van der Waals surface area (Å²) >= 11 is 5.06. The van der Waals surface area contributed by atoms with Gasteiger partial charge in [0.05, 0.1) is 5.52 Å². The van der Waals surface area contributed by atoms with Crippen molar-refractivity contribution in [3.05, 3.63) is 58.6 Å². The third-order valence-electron chi connectivity index (χ3n) is 8.16. The van der Waals surface area contributed by atoms with E-state index in [0.717, 1.165) is 45.1 Å². The van der Waals surface area contributed by atoms with Crippen molar-refractivity contribution in [3.8, 4) is 0 Å². The zero-order valence-electron chi connectivity index (χ0n) is 26.4. The minimum Gasteiger partial charge on any atom is -0.339 e. The van der Waals surface area contributed by atoms with E-state index < -0.39 is 0 Å². The number of rotatable bonds is 10. The maximum absolute atomic E-state index is 13.0. The lowest BCUT2D eigenvalue weighted by Crippen LogP contribution is -2.55. The summed E-state index contributed by atoms with van der Waals surface area (Å²) in [7, 11) is 0. The Labute approximate surface area is 273 Å². The fraction of sp³-hybridized carbons (Fsp3) is 0.500. The molecule has 0 spiro atoms. The van der Waals surface area contributed by atoms with Crippen LogP contribution in [0.5, 0.6) is 0 Å². The fourth-order valence-electron chi connectivity index (χ4n) is 6.32. The van der Waals surface area contributed by atoms with E-state index in [1.54, 1.807) is 0 Å². The highest BCUT2D eigenvalue weighted by Crippen LogP contribution is 2.29. The molecule has 44 heavy (non-hydrogen) atoms. The number of piperazine rings is 1.